The lowest BCUT2D eigenvalue weighted by molar-refractivity contribution is -0.122. The second-order valence-corrected chi connectivity index (χ2v) is 6.19. The zero-order valence-corrected chi connectivity index (χ0v) is 14.8. The fourth-order valence-electron chi connectivity index (χ4n) is 3.12. The number of hydrogen-bond acceptors (Lipinski definition) is 4. The number of nitrogens with zero attached hydrogens (tertiary/aromatic N) is 1. The lowest BCUT2D eigenvalue weighted by Crippen LogP contribution is -2.49. The highest BCUT2D eigenvalue weighted by Crippen LogP contribution is 2.32. The van der Waals surface area contributed by atoms with Crippen LogP contribution in [-0.4, -0.2) is 30.2 Å². The van der Waals surface area contributed by atoms with Gasteiger partial charge in [0.1, 0.15) is 6.04 Å². The fraction of sp³-hybridized carbons (Fsp3) is 0.250. The van der Waals surface area contributed by atoms with Gasteiger partial charge in [-0.05, 0) is 50.2 Å². The van der Waals surface area contributed by atoms with E-state index in [2.05, 4.69) is 10.6 Å². The van der Waals surface area contributed by atoms with Gasteiger partial charge in [0.15, 0.2) is 5.78 Å². The summed E-state index contributed by atoms with van der Waals surface area (Å²) in [6, 6.07) is 13.7. The number of benzene rings is 2. The van der Waals surface area contributed by atoms with E-state index in [9.17, 15) is 14.4 Å². The monoisotopic (exact) mass is 351 g/mol. The summed E-state index contributed by atoms with van der Waals surface area (Å²) in [7, 11) is 0. The van der Waals surface area contributed by atoms with Crippen molar-refractivity contribution in [2.75, 3.05) is 22.1 Å². The van der Waals surface area contributed by atoms with Crippen molar-refractivity contribution in [1.29, 1.82) is 0 Å². The number of para-hydroxylation sites is 2. The maximum Gasteiger partial charge on any atom is 0.247 e. The highest BCUT2D eigenvalue weighted by atomic mass is 16.2. The molecule has 0 fully saturated rings. The Hall–Kier alpha value is -3.15. The van der Waals surface area contributed by atoms with Crippen LogP contribution in [0.1, 0.15) is 30.6 Å². The standard InChI is InChI=1S/C20H21N3O3/c1-3-23-17-7-5-4-6-16(17)22-20(26)18(23)12-19(25)21-15-10-8-14(9-11-15)13(2)24/h4-11,18H,3,12H2,1-2H3,(H,21,25)(H,22,26). The van der Waals surface area contributed by atoms with Crippen molar-refractivity contribution >= 4 is 34.7 Å². The maximum atomic E-state index is 12.5. The summed E-state index contributed by atoms with van der Waals surface area (Å²) >= 11 is 0. The van der Waals surface area contributed by atoms with E-state index in [0.717, 1.165) is 11.4 Å². The number of Topliss-reactive ketones (excluding diaryl/α,β-unsaturated/α-hetero) is 1. The topological polar surface area (TPSA) is 78.5 Å². The Morgan fingerprint density at radius 1 is 1.12 bits per heavy atom. The molecule has 2 aromatic rings. The normalized spacial score (nSPS) is 15.8. The van der Waals surface area contributed by atoms with Crippen molar-refractivity contribution in [3.63, 3.8) is 0 Å². The third-order valence-electron chi connectivity index (χ3n) is 4.44. The van der Waals surface area contributed by atoms with Gasteiger partial charge in [0.25, 0.3) is 0 Å². The van der Waals surface area contributed by atoms with Crippen LogP contribution < -0.4 is 15.5 Å². The number of amides is 2. The van der Waals surface area contributed by atoms with E-state index >= 15 is 0 Å². The molecule has 26 heavy (non-hydrogen) atoms. The summed E-state index contributed by atoms with van der Waals surface area (Å²) in [5, 5.41) is 5.65. The minimum Gasteiger partial charge on any atom is -0.358 e. The van der Waals surface area contributed by atoms with Crippen LogP contribution in [0.15, 0.2) is 48.5 Å². The molecule has 0 aromatic heterocycles. The van der Waals surface area contributed by atoms with Gasteiger partial charge < -0.3 is 15.5 Å². The van der Waals surface area contributed by atoms with Gasteiger partial charge in [-0.1, -0.05) is 12.1 Å². The maximum absolute atomic E-state index is 12.5. The summed E-state index contributed by atoms with van der Waals surface area (Å²) in [5.74, 6) is -0.467. The van der Waals surface area contributed by atoms with Crippen molar-refractivity contribution < 1.29 is 14.4 Å². The second-order valence-electron chi connectivity index (χ2n) is 6.19. The van der Waals surface area contributed by atoms with Gasteiger partial charge >= 0.3 is 0 Å². The Morgan fingerprint density at radius 3 is 2.46 bits per heavy atom. The first-order valence-corrected chi connectivity index (χ1v) is 8.57. The number of fused-ring (bicyclic) bond motifs is 1. The molecule has 1 aliphatic rings. The predicted octanol–water partition coefficient (Wildman–Crippen LogP) is 3.07. The number of ketones is 1. The average Bonchev–Trinajstić information content (AvgIpc) is 2.62. The van der Waals surface area contributed by atoms with Gasteiger partial charge in [0.05, 0.1) is 17.8 Å². The first-order chi connectivity index (χ1) is 12.5. The minimum atomic E-state index is -0.564. The van der Waals surface area contributed by atoms with Crippen molar-refractivity contribution in [2.45, 2.75) is 26.3 Å². The molecule has 0 saturated heterocycles. The third-order valence-corrected chi connectivity index (χ3v) is 4.44. The number of rotatable bonds is 5. The van der Waals surface area contributed by atoms with Crippen LogP contribution >= 0.6 is 0 Å². The van der Waals surface area contributed by atoms with Gasteiger partial charge in [0, 0.05) is 17.8 Å². The minimum absolute atomic E-state index is 0.0287. The molecule has 2 aromatic carbocycles. The van der Waals surface area contributed by atoms with Crippen LogP contribution in [0.4, 0.5) is 17.1 Å². The summed E-state index contributed by atoms with van der Waals surface area (Å²) in [6.07, 6.45) is 0.0441. The fourth-order valence-corrected chi connectivity index (χ4v) is 3.12. The number of hydrogen-bond donors (Lipinski definition) is 2. The molecule has 134 valence electrons. The Kier molecular flexibility index (Phi) is 5.02. The van der Waals surface area contributed by atoms with Gasteiger partial charge in [-0.15, -0.1) is 0 Å². The van der Waals surface area contributed by atoms with E-state index in [1.807, 2.05) is 36.1 Å². The van der Waals surface area contributed by atoms with E-state index in [0.29, 0.717) is 17.8 Å². The van der Waals surface area contributed by atoms with E-state index < -0.39 is 6.04 Å². The van der Waals surface area contributed by atoms with E-state index in [4.69, 9.17) is 0 Å². The molecule has 6 heteroatoms. The number of carbonyl (C=O) groups is 3. The average molecular weight is 351 g/mol. The number of carbonyl (C=O) groups excluding carboxylic acids is 3. The van der Waals surface area contributed by atoms with E-state index in [1.54, 1.807) is 24.3 Å². The first-order valence-electron chi connectivity index (χ1n) is 8.57. The Labute approximate surface area is 152 Å². The second kappa shape index (κ2) is 7.39. The van der Waals surface area contributed by atoms with E-state index in [1.165, 1.54) is 6.92 Å². The largest absolute Gasteiger partial charge is 0.358 e. The summed E-state index contributed by atoms with van der Waals surface area (Å²) < 4.78 is 0. The number of anilines is 3. The van der Waals surface area contributed by atoms with E-state index in [-0.39, 0.29) is 24.0 Å². The van der Waals surface area contributed by atoms with Crippen molar-refractivity contribution in [2.24, 2.45) is 0 Å². The smallest absolute Gasteiger partial charge is 0.247 e. The lowest BCUT2D eigenvalue weighted by atomic mass is 10.0. The lowest BCUT2D eigenvalue weighted by Gasteiger charge is -2.37. The third kappa shape index (κ3) is 3.59. The molecule has 2 N–H and O–H groups in total. The zero-order valence-electron chi connectivity index (χ0n) is 14.8. The molecule has 0 radical (unpaired) electrons. The first kappa shape index (κ1) is 17.7. The highest BCUT2D eigenvalue weighted by Gasteiger charge is 2.33. The van der Waals surface area contributed by atoms with Gasteiger partial charge in [-0.2, -0.15) is 0 Å². The molecule has 1 atom stereocenters. The van der Waals surface area contributed by atoms with Crippen LogP contribution in [0.25, 0.3) is 0 Å². The van der Waals surface area contributed by atoms with Crippen LogP contribution in [0.3, 0.4) is 0 Å². The van der Waals surface area contributed by atoms with Crippen LogP contribution in [0.2, 0.25) is 0 Å². The van der Waals surface area contributed by atoms with Crippen molar-refractivity contribution in [3.05, 3.63) is 54.1 Å². The molecule has 0 spiro atoms. The molecule has 3 rings (SSSR count). The summed E-state index contributed by atoms with van der Waals surface area (Å²) in [6.45, 7) is 4.07. The van der Waals surface area contributed by atoms with Crippen molar-refractivity contribution in [3.8, 4) is 0 Å². The van der Waals surface area contributed by atoms with Crippen LogP contribution in [0, 0.1) is 0 Å². The Balaban J connectivity index is 1.72. The van der Waals surface area contributed by atoms with Gasteiger partial charge in [-0.3, -0.25) is 14.4 Å². The molecule has 1 unspecified atom stereocenters. The summed E-state index contributed by atoms with van der Waals surface area (Å²) in [4.78, 5) is 38.1. The van der Waals surface area contributed by atoms with Gasteiger partial charge in [-0.25, -0.2) is 0 Å². The quantitative estimate of drug-likeness (QED) is 0.812. The Morgan fingerprint density at radius 2 is 1.81 bits per heavy atom. The number of nitrogens with one attached hydrogen (secondary N) is 2. The molecule has 0 saturated carbocycles. The molecular formula is C20H21N3O3. The van der Waals surface area contributed by atoms with Crippen molar-refractivity contribution in [1.82, 2.24) is 0 Å². The SMILES string of the molecule is CCN1c2ccccc2NC(=O)C1CC(=O)Nc1ccc(C(C)=O)cc1. The highest BCUT2D eigenvalue weighted by molar-refractivity contribution is 6.06. The van der Waals surface area contributed by atoms with Crippen LogP contribution in [-0.2, 0) is 9.59 Å². The molecule has 0 bridgehead atoms. The number of likely N-dealkylation sites (N-methyl/N-ethyl adjacent to an activating group) is 1. The molecule has 0 aliphatic carbocycles. The molecular weight excluding hydrogens is 330 g/mol. The molecule has 1 heterocycles. The molecule has 2 amide bonds. The van der Waals surface area contributed by atoms with Crippen LogP contribution in [0.5, 0.6) is 0 Å². The molecule has 6 nitrogen and oxygen atoms in total. The predicted molar refractivity (Wildman–Crippen MR) is 102 cm³/mol. The van der Waals surface area contributed by atoms with Gasteiger partial charge in [0.2, 0.25) is 11.8 Å². The summed E-state index contributed by atoms with van der Waals surface area (Å²) in [5.41, 5.74) is 2.86. The zero-order chi connectivity index (χ0) is 18.7. The Bertz CT molecular complexity index is 846. The molecule has 1 aliphatic heterocycles.